The van der Waals surface area contributed by atoms with Gasteiger partial charge in [-0.05, 0) is 48.2 Å². The van der Waals surface area contributed by atoms with Crippen molar-refractivity contribution in [2.45, 2.75) is 50.7 Å². The molecule has 0 amide bonds. The number of piperidine rings is 1. The summed E-state index contributed by atoms with van der Waals surface area (Å²) in [6, 6.07) is 8.98. The van der Waals surface area contributed by atoms with Gasteiger partial charge < -0.3 is 4.43 Å². The molecular formula is C19H30BrNOSi. The Labute approximate surface area is 150 Å². The Morgan fingerprint density at radius 2 is 1.91 bits per heavy atom. The third-order valence-corrected chi connectivity index (χ3v) is 11.4. The highest BCUT2D eigenvalue weighted by molar-refractivity contribution is 9.10. The topological polar surface area (TPSA) is 12.5 Å². The maximum atomic E-state index is 6.35. The molecule has 1 aromatic rings. The van der Waals surface area contributed by atoms with Gasteiger partial charge in [0.15, 0.2) is 8.32 Å². The number of hydrogen-bond acceptors (Lipinski definition) is 2. The van der Waals surface area contributed by atoms with E-state index in [0.717, 1.165) is 19.1 Å². The van der Waals surface area contributed by atoms with Gasteiger partial charge in [-0.2, -0.15) is 0 Å². The summed E-state index contributed by atoms with van der Waals surface area (Å²) in [5.74, 6) is 0.858. The lowest BCUT2D eigenvalue weighted by molar-refractivity contribution is 0.209. The predicted molar refractivity (Wildman–Crippen MR) is 104 cm³/mol. The Balaban J connectivity index is 1.53. The molecule has 1 aliphatic heterocycles. The second kappa shape index (κ2) is 5.97. The van der Waals surface area contributed by atoms with Crippen LogP contribution in [0.5, 0.6) is 0 Å². The Hall–Kier alpha value is -0.163. The second-order valence-electron chi connectivity index (χ2n) is 8.91. The fraction of sp³-hybridized carbons (Fsp3) is 0.684. The van der Waals surface area contributed by atoms with E-state index in [-0.39, 0.29) is 0 Å². The highest BCUT2D eigenvalue weighted by Gasteiger charge is 2.60. The average molecular weight is 396 g/mol. The third kappa shape index (κ3) is 3.46. The van der Waals surface area contributed by atoms with E-state index in [1.54, 1.807) is 0 Å². The van der Waals surface area contributed by atoms with Crippen LogP contribution in [0.3, 0.4) is 0 Å². The van der Waals surface area contributed by atoms with E-state index in [1.807, 2.05) is 0 Å². The van der Waals surface area contributed by atoms with E-state index in [2.05, 4.69) is 79.0 Å². The summed E-state index contributed by atoms with van der Waals surface area (Å²) < 4.78 is 7.52. The molecule has 1 saturated carbocycles. The molecule has 2 nitrogen and oxygen atoms in total. The van der Waals surface area contributed by atoms with Crippen molar-refractivity contribution < 1.29 is 4.43 Å². The van der Waals surface area contributed by atoms with Gasteiger partial charge in [-0.3, -0.25) is 4.90 Å². The van der Waals surface area contributed by atoms with E-state index < -0.39 is 8.32 Å². The van der Waals surface area contributed by atoms with E-state index in [1.165, 1.54) is 29.5 Å². The zero-order chi connectivity index (χ0) is 16.9. The highest BCUT2D eigenvalue weighted by Crippen LogP contribution is 2.58. The Bertz CT molecular complexity index is 566. The fourth-order valence-corrected chi connectivity index (χ4v) is 4.93. The van der Waals surface area contributed by atoms with E-state index in [0.29, 0.717) is 10.5 Å². The largest absolute Gasteiger partial charge is 0.416 e. The first kappa shape index (κ1) is 17.7. The van der Waals surface area contributed by atoms with Gasteiger partial charge in [0, 0.05) is 36.1 Å². The smallest absolute Gasteiger partial charge is 0.192 e. The van der Waals surface area contributed by atoms with Gasteiger partial charge in [-0.25, -0.2) is 0 Å². The maximum absolute atomic E-state index is 6.35. The average Bonchev–Trinajstić information content (AvgIpc) is 3.01. The van der Waals surface area contributed by atoms with Crippen molar-refractivity contribution in [3.63, 3.8) is 0 Å². The predicted octanol–water partition coefficient (Wildman–Crippen LogP) is 5.04. The van der Waals surface area contributed by atoms with Crippen molar-refractivity contribution in [3.05, 3.63) is 34.3 Å². The van der Waals surface area contributed by atoms with E-state index >= 15 is 0 Å². The first-order valence-corrected chi connectivity index (χ1v) is 12.5. The van der Waals surface area contributed by atoms with Crippen molar-refractivity contribution in [2.24, 2.45) is 5.92 Å². The van der Waals surface area contributed by atoms with Crippen LogP contribution >= 0.6 is 15.9 Å². The molecule has 0 N–H and O–H groups in total. The van der Waals surface area contributed by atoms with Crippen LogP contribution < -0.4 is 0 Å². The number of nitrogens with zero attached hydrogens (tertiary/aromatic N) is 1. The molecule has 0 aromatic heterocycles. The molecular weight excluding hydrogens is 366 g/mol. The number of halogens is 1. The molecule has 128 valence electrons. The molecule has 1 aliphatic carbocycles. The van der Waals surface area contributed by atoms with Gasteiger partial charge in [0.05, 0.1) is 0 Å². The van der Waals surface area contributed by atoms with Gasteiger partial charge >= 0.3 is 0 Å². The molecule has 0 radical (unpaired) electrons. The maximum Gasteiger partial charge on any atom is 0.192 e. The van der Waals surface area contributed by atoms with Crippen molar-refractivity contribution in [2.75, 3.05) is 26.2 Å². The minimum atomic E-state index is -1.60. The molecule has 1 aromatic carbocycles. The molecule has 3 rings (SSSR count). The third-order valence-electron chi connectivity index (χ3n) is 6.31. The lowest BCUT2D eigenvalue weighted by Gasteiger charge is -2.36. The van der Waals surface area contributed by atoms with Crippen LogP contribution in [0.25, 0.3) is 0 Å². The van der Waals surface area contributed by atoms with Gasteiger partial charge in [-0.1, -0.05) is 48.8 Å². The molecule has 0 bridgehead atoms. The van der Waals surface area contributed by atoms with Crippen molar-refractivity contribution in [3.8, 4) is 0 Å². The number of benzene rings is 1. The Morgan fingerprint density at radius 1 is 1.26 bits per heavy atom. The van der Waals surface area contributed by atoms with Crippen LogP contribution in [0.4, 0.5) is 0 Å². The molecule has 2 atom stereocenters. The first-order chi connectivity index (χ1) is 10.6. The van der Waals surface area contributed by atoms with Crippen molar-refractivity contribution in [1.29, 1.82) is 0 Å². The monoisotopic (exact) mass is 395 g/mol. The van der Waals surface area contributed by atoms with Crippen molar-refractivity contribution >= 4 is 24.2 Å². The normalized spacial score (nSPS) is 28.0. The zero-order valence-corrected chi connectivity index (χ0v) is 17.7. The fourth-order valence-electron chi connectivity index (χ4n) is 3.63. The summed E-state index contributed by atoms with van der Waals surface area (Å²) in [5, 5.41) is 0.304. The van der Waals surface area contributed by atoms with Crippen LogP contribution in [0.2, 0.25) is 18.1 Å². The number of rotatable bonds is 5. The van der Waals surface area contributed by atoms with Gasteiger partial charge in [-0.15, -0.1) is 0 Å². The number of fused-ring (bicyclic) bond motifs is 1. The van der Waals surface area contributed by atoms with E-state index in [4.69, 9.17) is 4.43 Å². The molecule has 23 heavy (non-hydrogen) atoms. The molecule has 0 spiro atoms. The molecule has 1 saturated heterocycles. The summed E-state index contributed by atoms with van der Waals surface area (Å²) in [6.45, 7) is 16.1. The second-order valence-corrected chi connectivity index (χ2v) is 14.6. The quantitative estimate of drug-likeness (QED) is 0.647. The molecule has 1 heterocycles. The first-order valence-electron chi connectivity index (χ1n) is 8.76. The molecule has 2 unspecified atom stereocenters. The summed E-state index contributed by atoms with van der Waals surface area (Å²) in [4.78, 5) is 2.61. The molecule has 2 fully saturated rings. The van der Waals surface area contributed by atoms with Crippen LogP contribution in [0.1, 0.15) is 32.8 Å². The van der Waals surface area contributed by atoms with Gasteiger partial charge in [0.25, 0.3) is 0 Å². The number of hydrogen-bond donors (Lipinski definition) is 0. The SMILES string of the molecule is CC(C)(C)[Si](C)(C)OCCN1CC2CC2(c2ccc(Br)cc2)C1. The lowest BCUT2D eigenvalue weighted by atomic mass is 9.95. The van der Waals surface area contributed by atoms with Crippen LogP contribution in [-0.2, 0) is 9.84 Å². The van der Waals surface area contributed by atoms with Crippen LogP contribution in [-0.4, -0.2) is 39.5 Å². The summed E-state index contributed by atoms with van der Waals surface area (Å²) in [7, 11) is -1.60. The zero-order valence-electron chi connectivity index (χ0n) is 15.2. The molecule has 4 heteroatoms. The molecule has 2 aliphatic rings. The van der Waals surface area contributed by atoms with Gasteiger partial charge in [0.1, 0.15) is 0 Å². The van der Waals surface area contributed by atoms with Crippen LogP contribution in [0.15, 0.2) is 28.7 Å². The Kier molecular flexibility index (Phi) is 4.59. The minimum Gasteiger partial charge on any atom is -0.416 e. The summed E-state index contributed by atoms with van der Waals surface area (Å²) in [5.41, 5.74) is 1.97. The lowest BCUT2D eigenvalue weighted by Crippen LogP contribution is -2.43. The van der Waals surface area contributed by atoms with Crippen LogP contribution in [0, 0.1) is 5.92 Å². The standard InChI is InChI=1S/C19H30BrNOSi/c1-18(2,3)23(4,5)22-11-10-21-13-16-12-19(16,14-21)15-6-8-17(20)9-7-15/h6-9,16H,10-14H2,1-5H3. The minimum absolute atomic E-state index is 0.304. The van der Waals surface area contributed by atoms with E-state index in [9.17, 15) is 0 Å². The summed E-state index contributed by atoms with van der Waals surface area (Å²) in [6.07, 6.45) is 1.37. The summed E-state index contributed by atoms with van der Waals surface area (Å²) >= 11 is 3.54. The van der Waals surface area contributed by atoms with Crippen molar-refractivity contribution in [1.82, 2.24) is 4.90 Å². The van der Waals surface area contributed by atoms with Gasteiger partial charge in [0.2, 0.25) is 0 Å². The Morgan fingerprint density at radius 3 is 2.52 bits per heavy atom. The highest BCUT2D eigenvalue weighted by atomic mass is 79.9. The number of likely N-dealkylation sites (tertiary alicyclic amines) is 1.